The van der Waals surface area contributed by atoms with Crippen molar-refractivity contribution in [1.82, 2.24) is 10.3 Å². The number of aryl methyl sites for hydroxylation is 1. The number of benzene rings is 2. The monoisotopic (exact) mass is 466 g/mol. The van der Waals surface area contributed by atoms with Gasteiger partial charge in [-0.15, -0.1) is 0 Å². The number of nitrogens with one attached hydrogen (secondary N) is 2. The van der Waals surface area contributed by atoms with Gasteiger partial charge in [0.05, 0.1) is 6.61 Å². The van der Waals surface area contributed by atoms with Crippen LogP contribution in [0.1, 0.15) is 53.4 Å². The summed E-state index contributed by atoms with van der Waals surface area (Å²) in [5.41, 5.74) is 8.14. The van der Waals surface area contributed by atoms with Crippen LogP contribution in [0.2, 0.25) is 0 Å². The average Bonchev–Trinajstić information content (AvgIpc) is 3.46. The molecule has 4 rings (SSSR count). The topological polar surface area (TPSA) is 110 Å². The number of phenols is 1. The molecule has 0 radical (unpaired) electrons. The summed E-state index contributed by atoms with van der Waals surface area (Å²) in [7, 11) is 0. The van der Waals surface area contributed by atoms with Gasteiger partial charge in [0.1, 0.15) is 22.2 Å². The minimum absolute atomic E-state index is 0.193. The number of nitrogen functional groups attached to an aromatic ring is 1. The normalized spacial score (nSPS) is 15.5. The lowest BCUT2D eigenvalue weighted by Crippen LogP contribution is -2.23. The molecule has 0 bridgehead atoms. The summed E-state index contributed by atoms with van der Waals surface area (Å²) in [5, 5.41) is 17.2. The zero-order valence-corrected chi connectivity index (χ0v) is 19.6. The van der Waals surface area contributed by atoms with Gasteiger partial charge >= 0.3 is 0 Å². The standard InChI is InChI=1S/C25H30N4O3S/c1-2-4-16-15-17(6-11-21(16)30)22(31)23-24(26)29-25(33-23)28-19-7-9-20(10-8-19)32-14-12-18-5-3-13-27-18/h6-11,15,18,27,30H,2-5,12-14,26H2,1H3,(H,28,29). The van der Waals surface area contributed by atoms with Crippen molar-refractivity contribution in [3.63, 3.8) is 0 Å². The van der Waals surface area contributed by atoms with Crippen molar-refractivity contribution in [1.29, 1.82) is 0 Å². The molecule has 7 nitrogen and oxygen atoms in total. The highest BCUT2D eigenvalue weighted by atomic mass is 32.1. The Bertz CT molecular complexity index is 1090. The fourth-order valence-electron chi connectivity index (χ4n) is 3.96. The third kappa shape index (κ3) is 5.83. The first-order valence-corrected chi connectivity index (χ1v) is 12.2. The molecule has 0 amide bonds. The molecule has 0 spiro atoms. The predicted molar refractivity (Wildman–Crippen MR) is 133 cm³/mol. The second kappa shape index (κ2) is 10.7. The minimum Gasteiger partial charge on any atom is -0.508 e. The molecule has 1 atom stereocenters. The van der Waals surface area contributed by atoms with E-state index in [1.165, 1.54) is 24.2 Å². The first kappa shape index (κ1) is 23.1. The Labute approximate surface area is 198 Å². The van der Waals surface area contributed by atoms with Crippen LogP contribution in [-0.2, 0) is 6.42 Å². The first-order chi connectivity index (χ1) is 16.0. The number of anilines is 3. The van der Waals surface area contributed by atoms with Crippen LogP contribution in [0.15, 0.2) is 42.5 Å². The molecule has 2 heterocycles. The molecule has 1 aromatic heterocycles. The largest absolute Gasteiger partial charge is 0.508 e. The second-order valence-electron chi connectivity index (χ2n) is 8.24. The van der Waals surface area contributed by atoms with Crippen LogP contribution >= 0.6 is 11.3 Å². The lowest BCUT2D eigenvalue weighted by Gasteiger charge is -2.11. The van der Waals surface area contributed by atoms with Crippen molar-refractivity contribution in [2.45, 2.75) is 45.1 Å². The number of thiazole rings is 1. The van der Waals surface area contributed by atoms with E-state index in [0.29, 0.717) is 34.6 Å². The summed E-state index contributed by atoms with van der Waals surface area (Å²) in [5.74, 6) is 1.02. The lowest BCUT2D eigenvalue weighted by atomic mass is 10.0. The SMILES string of the molecule is CCCc1cc(C(=O)c2sc(Nc3ccc(OCCC4CCCN4)cc3)nc2N)ccc1O. The Balaban J connectivity index is 1.38. The number of hydrogen-bond acceptors (Lipinski definition) is 8. The Morgan fingerprint density at radius 3 is 2.85 bits per heavy atom. The van der Waals surface area contributed by atoms with E-state index in [1.54, 1.807) is 18.2 Å². The molecular formula is C25H30N4O3S. The molecule has 1 fully saturated rings. The van der Waals surface area contributed by atoms with Crippen molar-refractivity contribution in [2.24, 2.45) is 0 Å². The summed E-state index contributed by atoms with van der Waals surface area (Å²) in [6.07, 6.45) is 5.06. The first-order valence-electron chi connectivity index (χ1n) is 11.4. The van der Waals surface area contributed by atoms with Gasteiger partial charge in [0.25, 0.3) is 0 Å². The summed E-state index contributed by atoms with van der Waals surface area (Å²) in [4.78, 5) is 17.7. The number of carbonyl (C=O) groups excluding carboxylic acids is 1. The van der Waals surface area contributed by atoms with E-state index >= 15 is 0 Å². The third-order valence-corrected chi connectivity index (χ3v) is 6.71. The molecule has 8 heteroatoms. The molecule has 0 aliphatic carbocycles. The highest BCUT2D eigenvalue weighted by molar-refractivity contribution is 7.18. The van der Waals surface area contributed by atoms with Crippen molar-refractivity contribution >= 4 is 33.8 Å². The van der Waals surface area contributed by atoms with E-state index < -0.39 is 0 Å². The maximum absolute atomic E-state index is 13.0. The number of nitrogens with two attached hydrogens (primary N) is 1. The molecule has 0 saturated carbocycles. The molecule has 2 aromatic carbocycles. The highest BCUT2D eigenvalue weighted by Gasteiger charge is 2.19. The predicted octanol–water partition coefficient (Wildman–Crippen LogP) is 4.88. The van der Waals surface area contributed by atoms with Crippen LogP contribution in [0, 0.1) is 0 Å². The van der Waals surface area contributed by atoms with Gasteiger partial charge < -0.3 is 26.2 Å². The number of rotatable bonds is 10. The number of carbonyl (C=O) groups is 1. The Morgan fingerprint density at radius 1 is 1.30 bits per heavy atom. The minimum atomic E-state index is -0.198. The lowest BCUT2D eigenvalue weighted by molar-refractivity contribution is 0.104. The van der Waals surface area contributed by atoms with Gasteiger partial charge in [-0.25, -0.2) is 4.98 Å². The molecule has 1 aliphatic rings. The maximum atomic E-state index is 13.0. The van der Waals surface area contributed by atoms with Gasteiger partial charge in [-0.05, 0) is 80.3 Å². The van der Waals surface area contributed by atoms with Gasteiger partial charge in [-0.2, -0.15) is 0 Å². The summed E-state index contributed by atoms with van der Waals surface area (Å²) >= 11 is 1.22. The number of phenolic OH excluding ortho intramolecular Hbond substituents is 1. The van der Waals surface area contributed by atoms with E-state index in [0.717, 1.165) is 36.4 Å². The van der Waals surface area contributed by atoms with E-state index in [9.17, 15) is 9.90 Å². The molecule has 174 valence electrons. The molecule has 5 N–H and O–H groups in total. The average molecular weight is 467 g/mol. The van der Waals surface area contributed by atoms with Gasteiger partial charge in [-0.1, -0.05) is 24.7 Å². The number of ketones is 1. The Kier molecular flexibility index (Phi) is 7.47. The number of aromatic nitrogens is 1. The quantitative estimate of drug-likeness (QED) is 0.315. The molecule has 33 heavy (non-hydrogen) atoms. The van der Waals surface area contributed by atoms with E-state index in [-0.39, 0.29) is 17.4 Å². The molecular weight excluding hydrogens is 436 g/mol. The fraction of sp³-hybridized carbons (Fsp3) is 0.360. The molecule has 1 saturated heterocycles. The number of ether oxygens (including phenoxy) is 1. The van der Waals surface area contributed by atoms with Crippen LogP contribution in [0.25, 0.3) is 0 Å². The van der Waals surface area contributed by atoms with Gasteiger partial charge in [0, 0.05) is 17.3 Å². The second-order valence-corrected chi connectivity index (χ2v) is 9.23. The molecule has 1 unspecified atom stereocenters. The fourth-order valence-corrected chi connectivity index (χ4v) is 4.82. The summed E-state index contributed by atoms with van der Waals surface area (Å²) in [6.45, 7) is 3.82. The van der Waals surface area contributed by atoms with Crippen molar-refractivity contribution in [3.05, 3.63) is 58.5 Å². The van der Waals surface area contributed by atoms with Crippen molar-refractivity contribution < 1.29 is 14.6 Å². The maximum Gasteiger partial charge on any atom is 0.206 e. The third-order valence-electron chi connectivity index (χ3n) is 5.72. The zero-order chi connectivity index (χ0) is 23.2. The van der Waals surface area contributed by atoms with Crippen LogP contribution in [0.4, 0.5) is 16.6 Å². The highest BCUT2D eigenvalue weighted by Crippen LogP contribution is 2.31. The number of aromatic hydroxyl groups is 1. The Hall–Kier alpha value is -3.10. The van der Waals surface area contributed by atoms with Gasteiger partial charge in [-0.3, -0.25) is 4.79 Å². The number of hydrogen-bond donors (Lipinski definition) is 4. The van der Waals surface area contributed by atoms with Crippen LogP contribution in [-0.4, -0.2) is 35.1 Å². The molecule has 1 aliphatic heterocycles. The van der Waals surface area contributed by atoms with Crippen LogP contribution in [0.5, 0.6) is 11.5 Å². The summed E-state index contributed by atoms with van der Waals surface area (Å²) < 4.78 is 5.85. The van der Waals surface area contributed by atoms with Crippen molar-refractivity contribution in [2.75, 3.05) is 24.2 Å². The number of nitrogens with zero attached hydrogens (tertiary/aromatic N) is 1. The van der Waals surface area contributed by atoms with Crippen LogP contribution < -0.4 is 21.1 Å². The van der Waals surface area contributed by atoms with Crippen LogP contribution in [0.3, 0.4) is 0 Å². The van der Waals surface area contributed by atoms with Gasteiger partial charge in [0.15, 0.2) is 5.13 Å². The smallest absolute Gasteiger partial charge is 0.206 e. The summed E-state index contributed by atoms with van der Waals surface area (Å²) in [6, 6.07) is 13.1. The van der Waals surface area contributed by atoms with Gasteiger partial charge in [0.2, 0.25) is 5.78 Å². The zero-order valence-electron chi connectivity index (χ0n) is 18.8. The van der Waals surface area contributed by atoms with E-state index in [2.05, 4.69) is 15.6 Å². The molecule has 3 aromatic rings. The van der Waals surface area contributed by atoms with E-state index in [1.807, 2.05) is 31.2 Å². The Morgan fingerprint density at radius 2 is 2.12 bits per heavy atom. The van der Waals surface area contributed by atoms with E-state index in [4.69, 9.17) is 10.5 Å². The van der Waals surface area contributed by atoms with Crippen molar-refractivity contribution in [3.8, 4) is 11.5 Å².